The molecule has 1 amide bonds. The topological polar surface area (TPSA) is 70.7 Å². The lowest BCUT2D eigenvalue weighted by atomic mass is 10.1. The second-order valence-electron chi connectivity index (χ2n) is 6.38. The van der Waals surface area contributed by atoms with Crippen molar-refractivity contribution in [3.8, 4) is 6.07 Å². The van der Waals surface area contributed by atoms with Gasteiger partial charge in [0.1, 0.15) is 5.15 Å². The Hall–Kier alpha value is -3.10. The summed E-state index contributed by atoms with van der Waals surface area (Å²) < 4.78 is 1.63. The van der Waals surface area contributed by atoms with Gasteiger partial charge in [0.25, 0.3) is 5.91 Å². The van der Waals surface area contributed by atoms with Crippen LogP contribution in [0, 0.1) is 25.2 Å². The maximum Gasteiger partial charge on any atom is 0.260 e. The Morgan fingerprint density at radius 2 is 1.74 bits per heavy atom. The van der Waals surface area contributed by atoms with E-state index in [0.29, 0.717) is 35.1 Å². The molecule has 6 heteroatoms. The van der Waals surface area contributed by atoms with Crippen LogP contribution >= 0.6 is 11.6 Å². The van der Waals surface area contributed by atoms with E-state index in [4.69, 9.17) is 16.9 Å². The van der Waals surface area contributed by atoms with Crippen molar-refractivity contribution < 1.29 is 4.79 Å². The molecule has 1 N–H and O–H groups in total. The number of carbonyl (C=O) groups excluding carboxylic acids is 1. The molecule has 3 aromatic rings. The van der Waals surface area contributed by atoms with Crippen LogP contribution < -0.4 is 5.32 Å². The van der Waals surface area contributed by atoms with Gasteiger partial charge in [0.15, 0.2) is 0 Å². The molecule has 0 aliphatic rings. The van der Waals surface area contributed by atoms with E-state index in [2.05, 4.69) is 16.5 Å². The summed E-state index contributed by atoms with van der Waals surface area (Å²) in [5.41, 5.74) is 4.72. The Morgan fingerprint density at radius 1 is 1.11 bits per heavy atom. The second-order valence-corrected chi connectivity index (χ2v) is 6.74. The number of rotatable bonds is 5. The Labute approximate surface area is 163 Å². The predicted octanol–water partition coefficient (Wildman–Crippen LogP) is 4.52. The van der Waals surface area contributed by atoms with E-state index in [1.165, 1.54) is 5.56 Å². The van der Waals surface area contributed by atoms with Gasteiger partial charge in [0, 0.05) is 5.69 Å². The molecular weight excluding hydrogens is 360 g/mol. The van der Waals surface area contributed by atoms with Crippen molar-refractivity contribution in [3.05, 3.63) is 81.6 Å². The van der Waals surface area contributed by atoms with E-state index >= 15 is 0 Å². The fourth-order valence-electron chi connectivity index (χ4n) is 2.77. The van der Waals surface area contributed by atoms with Gasteiger partial charge in [-0.3, -0.25) is 4.79 Å². The zero-order valence-electron chi connectivity index (χ0n) is 15.2. The Balaban J connectivity index is 1.77. The van der Waals surface area contributed by atoms with Crippen LogP contribution in [0.15, 0.2) is 48.5 Å². The van der Waals surface area contributed by atoms with E-state index in [1.807, 2.05) is 43.3 Å². The lowest BCUT2D eigenvalue weighted by Crippen LogP contribution is -2.13. The molecule has 0 atom stereocenters. The smallest absolute Gasteiger partial charge is 0.260 e. The summed E-state index contributed by atoms with van der Waals surface area (Å²) >= 11 is 6.44. The molecule has 0 aliphatic carbocycles. The van der Waals surface area contributed by atoms with Crippen LogP contribution in [0.25, 0.3) is 0 Å². The minimum Gasteiger partial charge on any atom is -0.322 e. The van der Waals surface area contributed by atoms with E-state index in [9.17, 15) is 4.79 Å². The first-order valence-electron chi connectivity index (χ1n) is 8.53. The number of nitrogens with one attached hydrogen (secondary N) is 1. The number of amides is 1. The summed E-state index contributed by atoms with van der Waals surface area (Å²) in [5, 5.41) is 16.3. The third-order valence-electron chi connectivity index (χ3n) is 4.24. The molecule has 1 aromatic heterocycles. The van der Waals surface area contributed by atoms with Crippen LogP contribution in [0.2, 0.25) is 5.15 Å². The molecule has 27 heavy (non-hydrogen) atoms. The zero-order valence-corrected chi connectivity index (χ0v) is 15.9. The van der Waals surface area contributed by atoms with Crippen LogP contribution in [0.3, 0.4) is 0 Å². The highest BCUT2D eigenvalue weighted by Crippen LogP contribution is 2.22. The SMILES string of the molecule is Cc1ccc(Cn2nc(C)c(C(=O)Nc3ccc(CC#N)cc3)c2Cl)cc1. The number of aromatic nitrogens is 2. The first-order valence-corrected chi connectivity index (χ1v) is 8.91. The molecule has 0 bridgehead atoms. The molecule has 0 radical (unpaired) electrons. The number of hydrogen-bond donors (Lipinski definition) is 1. The monoisotopic (exact) mass is 378 g/mol. The molecule has 136 valence electrons. The number of nitriles is 1. The Bertz CT molecular complexity index is 998. The quantitative estimate of drug-likeness (QED) is 0.709. The predicted molar refractivity (Wildman–Crippen MR) is 106 cm³/mol. The molecular formula is C21H19ClN4O. The highest BCUT2D eigenvalue weighted by molar-refractivity contribution is 6.33. The van der Waals surface area contributed by atoms with Gasteiger partial charge in [-0.2, -0.15) is 10.4 Å². The molecule has 1 heterocycles. The minimum absolute atomic E-state index is 0.305. The zero-order chi connectivity index (χ0) is 19.4. The molecule has 3 rings (SSSR count). The van der Waals surface area contributed by atoms with Gasteiger partial charge in [-0.15, -0.1) is 0 Å². The van der Waals surface area contributed by atoms with Crippen LogP contribution in [0.4, 0.5) is 5.69 Å². The summed E-state index contributed by atoms with van der Waals surface area (Å²) in [4.78, 5) is 12.7. The van der Waals surface area contributed by atoms with Crippen molar-refractivity contribution in [2.45, 2.75) is 26.8 Å². The highest BCUT2D eigenvalue weighted by atomic mass is 35.5. The fraction of sp³-hybridized carbons (Fsp3) is 0.190. The largest absolute Gasteiger partial charge is 0.322 e. The van der Waals surface area contributed by atoms with Crippen molar-refractivity contribution >= 4 is 23.2 Å². The van der Waals surface area contributed by atoms with Gasteiger partial charge in [-0.05, 0) is 37.1 Å². The third kappa shape index (κ3) is 4.36. The summed E-state index contributed by atoms with van der Waals surface area (Å²) in [5.74, 6) is -0.305. The number of carbonyl (C=O) groups is 1. The molecule has 0 fully saturated rings. The van der Waals surface area contributed by atoms with Crippen LogP contribution in [-0.2, 0) is 13.0 Å². The van der Waals surface area contributed by atoms with Crippen molar-refractivity contribution in [1.82, 2.24) is 9.78 Å². The molecule has 0 unspecified atom stereocenters. The molecule has 0 saturated heterocycles. The van der Waals surface area contributed by atoms with Gasteiger partial charge in [0.05, 0.1) is 30.3 Å². The average molecular weight is 379 g/mol. The van der Waals surface area contributed by atoms with Crippen molar-refractivity contribution in [3.63, 3.8) is 0 Å². The van der Waals surface area contributed by atoms with Crippen LogP contribution in [0.1, 0.15) is 32.7 Å². The maximum absolute atomic E-state index is 12.7. The Kier molecular flexibility index (Phi) is 5.58. The number of halogens is 1. The molecule has 2 aromatic carbocycles. The van der Waals surface area contributed by atoms with Gasteiger partial charge in [-0.25, -0.2) is 4.68 Å². The maximum atomic E-state index is 12.7. The number of nitrogens with zero attached hydrogens (tertiary/aromatic N) is 3. The Morgan fingerprint density at radius 3 is 2.37 bits per heavy atom. The summed E-state index contributed by atoms with van der Waals surface area (Å²) in [6, 6.07) is 17.4. The number of anilines is 1. The fourth-order valence-corrected chi connectivity index (χ4v) is 3.09. The number of aryl methyl sites for hydroxylation is 2. The first-order chi connectivity index (χ1) is 13.0. The molecule has 0 saturated carbocycles. The average Bonchev–Trinajstić information content (AvgIpc) is 2.92. The van der Waals surface area contributed by atoms with Gasteiger partial charge >= 0.3 is 0 Å². The minimum atomic E-state index is -0.305. The van der Waals surface area contributed by atoms with Gasteiger partial charge in [-0.1, -0.05) is 53.6 Å². The van der Waals surface area contributed by atoms with E-state index in [0.717, 1.165) is 11.1 Å². The van der Waals surface area contributed by atoms with Gasteiger partial charge in [0.2, 0.25) is 0 Å². The molecule has 0 aliphatic heterocycles. The van der Waals surface area contributed by atoms with E-state index < -0.39 is 0 Å². The molecule has 5 nitrogen and oxygen atoms in total. The van der Waals surface area contributed by atoms with Crippen LogP contribution in [-0.4, -0.2) is 15.7 Å². The second kappa shape index (κ2) is 8.07. The van der Waals surface area contributed by atoms with Crippen molar-refractivity contribution in [1.29, 1.82) is 5.26 Å². The van der Waals surface area contributed by atoms with E-state index in [1.54, 1.807) is 23.7 Å². The first kappa shape index (κ1) is 18.7. The number of hydrogen-bond acceptors (Lipinski definition) is 3. The van der Waals surface area contributed by atoms with Gasteiger partial charge < -0.3 is 5.32 Å². The van der Waals surface area contributed by atoms with Crippen molar-refractivity contribution in [2.24, 2.45) is 0 Å². The number of benzene rings is 2. The summed E-state index contributed by atoms with van der Waals surface area (Å²) in [6.07, 6.45) is 0.338. The standard InChI is InChI=1S/C21H19ClN4O/c1-14-3-5-17(6-4-14)13-26-20(22)19(15(2)25-26)21(27)24-18-9-7-16(8-10-18)11-12-23/h3-10H,11,13H2,1-2H3,(H,24,27). The van der Waals surface area contributed by atoms with Crippen molar-refractivity contribution in [2.75, 3.05) is 5.32 Å². The highest BCUT2D eigenvalue weighted by Gasteiger charge is 2.20. The van der Waals surface area contributed by atoms with Crippen LogP contribution in [0.5, 0.6) is 0 Å². The van der Waals surface area contributed by atoms with E-state index in [-0.39, 0.29) is 5.91 Å². The molecule has 0 spiro atoms. The summed E-state index contributed by atoms with van der Waals surface area (Å²) in [7, 11) is 0. The normalized spacial score (nSPS) is 10.4. The lowest BCUT2D eigenvalue weighted by Gasteiger charge is -2.07. The lowest BCUT2D eigenvalue weighted by molar-refractivity contribution is 0.102. The summed E-state index contributed by atoms with van der Waals surface area (Å²) in [6.45, 7) is 4.29. The third-order valence-corrected chi connectivity index (χ3v) is 4.62.